The summed E-state index contributed by atoms with van der Waals surface area (Å²) < 4.78 is 61.2. The smallest absolute Gasteiger partial charge is 0.305 e. The van der Waals surface area contributed by atoms with E-state index in [9.17, 15) is 21.6 Å². The summed E-state index contributed by atoms with van der Waals surface area (Å²) in [6, 6.07) is 15.2. The molecule has 0 aromatic heterocycles. The molecular formula is C19H22N2O6S3. The Hall–Kier alpha value is -2.18. The first-order chi connectivity index (χ1) is 14.2. The van der Waals surface area contributed by atoms with E-state index in [0.29, 0.717) is 6.42 Å². The van der Waals surface area contributed by atoms with Crippen LogP contribution >= 0.6 is 0 Å². The first-order valence-corrected chi connectivity index (χ1v) is 13.1. The molecule has 0 aliphatic rings. The van der Waals surface area contributed by atoms with Crippen LogP contribution in [0.15, 0.2) is 82.6 Å². The van der Waals surface area contributed by atoms with Crippen LogP contribution in [0.25, 0.3) is 4.13 Å². The van der Waals surface area contributed by atoms with Crippen molar-refractivity contribution >= 4 is 37.3 Å². The minimum absolute atomic E-state index is 0.00415. The Balaban J connectivity index is 2.17. The molecule has 2 aromatic carbocycles. The standard InChI is InChI=1S/C19H22N2O6S3/c1-27-19(22)15-9-4-10-16-28(20-29(23,24)17-11-5-2-6-12-17)21-30(25,26)18-13-7-3-8-14-18/h2-8,10-14H,9,15-16H2,1H3,(H,20,21)/b10-4+. The van der Waals surface area contributed by atoms with Crippen molar-refractivity contribution < 1.29 is 26.4 Å². The average Bonchev–Trinajstić information content (AvgIpc) is 2.74. The Kier molecular flexibility index (Phi) is 9.06. The van der Waals surface area contributed by atoms with Gasteiger partial charge in [0.2, 0.25) is 0 Å². The zero-order valence-electron chi connectivity index (χ0n) is 16.2. The molecule has 0 saturated heterocycles. The highest BCUT2D eigenvalue weighted by Gasteiger charge is 2.24. The van der Waals surface area contributed by atoms with Crippen molar-refractivity contribution in [2.24, 2.45) is 0 Å². The summed E-state index contributed by atoms with van der Waals surface area (Å²) in [6.07, 6.45) is 3.78. The average molecular weight is 471 g/mol. The van der Waals surface area contributed by atoms with Gasteiger partial charge in [0.05, 0.1) is 16.9 Å². The number of sulfonamides is 2. The van der Waals surface area contributed by atoms with Crippen LogP contribution in [0.5, 0.6) is 0 Å². The molecule has 0 heterocycles. The highest BCUT2D eigenvalue weighted by atomic mass is 32.3. The number of allylic oxidation sites excluding steroid dienone is 1. The second kappa shape index (κ2) is 11.3. The summed E-state index contributed by atoms with van der Waals surface area (Å²) in [7, 11) is -6.76. The molecule has 1 N–H and O–H groups in total. The molecule has 0 fully saturated rings. The van der Waals surface area contributed by atoms with Crippen LogP contribution in [0.4, 0.5) is 0 Å². The Morgan fingerprint density at radius 2 is 1.53 bits per heavy atom. The number of carbonyl (C=O) groups excluding carboxylic acids is 1. The van der Waals surface area contributed by atoms with Crippen molar-refractivity contribution in [1.82, 2.24) is 4.13 Å². The number of benzene rings is 2. The number of carbonyl (C=O) groups is 1. The van der Waals surface area contributed by atoms with E-state index >= 15 is 0 Å². The molecule has 30 heavy (non-hydrogen) atoms. The zero-order valence-corrected chi connectivity index (χ0v) is 18.6. The quantitative estimate of drug-likeness (QED) is 0.306. The molecule has 0 amide bonds. The van der Waals surface area contributed by atoms with Crippen molar-refractivity contribution in [3.63, 3.8) is 0 Å². The number of hydrogen-bond acceptors (Lipinski definition) is 6. The largest absolute Gasteiger partial charge is 0.469 e. The maximum absolute atomic E-state index is 12.6. The summed E-state index contributed by atoms with van der Waals surface area (Å²) in [4.78, 5) is 11.1. The molecule has 8 nitrogen and oxygen atoms in total. The fourth-order valence-corrected chi connectivity index (χ4v) is 7.12. The number of hydrogen-bond donors (Lipinski definition) is 1. The lowest BCUT2D eigenvalue weighted by atomic mass is 10.3. The molecule has 2 rings (SSSR count). The predicted octanol–water partition coefficient (Wildman–Crippen LogP) is 2.69. The summed E-state index contributed by atoms with van der Waals surface area (Å²) >= 11 is -1.58. The van der Waals surface area contributed by atoms with E-state index in [1.165, 1.54) is 31.4 Å². The fraction of sp³-hybridized carbons (Fsp3) is 0.211. The lowest BCUT2D eigenvalue weighted by molar-refractivity contribution is -0.140. The Labute approximate surface area is 180 Å². The van der Waals surface area contributed by atoms with Gasteiger partial charge in [0.25, 0.3) is 10.0 Å². The highest BCUT2D eigenvalue weighted by molar-refractivity contribution is 8.18. The minimum atomic E-state index is -4.07. The first kappa shape index (κ1) is 24.1. The van der Waals surface area contributed by atoms with Crippen LogP contribution < -0.4 is 4.13 Å². The fourth-order valence-electron chi connectivity index (χ4n) is 2.19. The lowest BCUT2D eigenvalue weighted by Gasteiger charge is -2.20. The van der Waals surface area contributed by atoms with Crippen molar-refractivity contribution in [2.45, 2.75) is 22.6 Å². The van der Waals surface area contributed by atoms with Gasteiger partial charge in [0.1, 0.15) is 15.8 Å². The third kappa shape index (κ3) is 7.58. The van der Waals surface area contributed by atoms with Crippen LogP contribution in [0.3, 0.4) is 0 Å². The minimum Gasteiger partial charge on any atom is -0.469 e. The van der Waals surface area contributed by atoms with Crippen LogP contribution in [0.1, 0.15) is 12.8 Å². The van der Waals surface area contributed by atoms with Crippen molar-refractivity contribution in [3.8, 4) is 0 Å². The molecule has 0 saturated carbocycles. The van der Waals surface area contributed by atoms with Gasteiger partial charge in [-0.1, -0.05) is 42.5 Å². The monoisotopic (exact) mass is 470 g/mol. The molecule has 162 valence electrons. The highest BCUT2D eigenvalue weighted by Crippen LogP contribution is 2.22. The molecule has 0 aliphatic heterocycles. The molecule has 1 unspecified atom stereocenters. The van der Waals surface area contributed by atoms with E-state index in [0.717, 1.165) is 0 Å². The molecule has 0 radical (unpaired) electrons. The van der Waals surface area contributed by atoms with Gasteiger partial charge in [0.15, 0.2) is 0 Å². The number of nitrogens with zero attached hydrogens (tertiary/aromatic N) is 1. The predicted molar refractivity (Wildman–Crippen MR) is 116 cm³/mol. The summed E-state index contributed by atoms with van der Waals surface area (Å²) in [5, 5.41) is 0. The zero-order chi connectivity index (χ0) is 22.0. The van der Waals surface area contributed by atoms with Gasteiger partial charge in [0, 0.05) is 17.7 Å². The van der Waals surface area contributed by atoms with Gasteiger partial charge in [-0.25, -0.2) is 16.8 Å². The van der Waals surface area contributed by atoms with Crippen molar-refractivity contribution in [3.05, 3.63) is 76.9 Å². The summed E-state index contributed by atoms with van der Waals surface area (Å²) in [5.74, 6) is -0.362. The van der Waals surface area contributed by atoms with Crippen molar-refractivity contribution in [1.29, 1.82) is 0 Å². The van der Waals surface area contributed by atoms with Crippen LogP contribution in [0.2, 0.25) is 0 Å². The van der Waals surface area contributed by atoms with Gasteiger partial charge in [-0.15, -0.1) is 0 Å². The molecule has 0 aliphatic carbocycles. The van der Waals surface area contributed by atoms with Crippen LogP contribution in [0, 0.1) is 0 Å². The van der Waals surface area contributed by atoms with Gasteiger partial charge in [-0.3, -0.25) is 8.92 Å². The number of esters is 1. The topological polar surface area (TPSA) is 121 Å². The lowest BCUT2D eigenvalue weighted by Crippen LogP contribution is -2.33. The number of ether oxygens (including phenoxy) is 1. The van der Waals surface area contributed by atoms with E-state index in [4.69, 9.17) is 0 Å². The molecular weight excluding hydrogens is 448 g/mol. The number of rotatable bonds is 11. The maximum atomic E-state index is 12.6. The normalized spacial score (nSPS) is 13.2. The SMILES string of the molecule is COC(=O)CC/C=C/C[S+]([N-]S(=O)(=O)c1ccccc1)NS(=O)(=O)c1ccccc1. The Morgan fingerprint density at radius 1 is 0.967 bits per heavy atom. The molecule has 11 heteroatoms. The molecule has 1 atom stereocenters. The van der Waals surface area contributed by atoms with E-state index < -0.39 is 31.3 Å². The van der Waals surface area contributed by atoms with E-state index in [-0.39, 0.29) is 27.9 Å². The van der Waals surface area contributed by atoms with Gasteiger partial charge < -0.3 is 4.74 Å². The van der Waals surface area contributed by atoms with Crippen LogP contribution in [-0.2, 0) is 40.8 Å². The second-order valence-electron chi connectivity index (χ2n) is 5.88. The molecule has 0 bridgehead atoms. The van der Waals surface area contributed by atoms with Gasteiger partial charge >= 0.3 is 5.97 Å². The summed E-state index contributed by atoms with van der Waals surface area (Å²) in [5.41, 5.74) is 0. The van der Waals surface area contributed by atoms with Crippen LogP contribution in [-0.4, -0.2) is 35.7 Å². The third-order valence-electron chi connectivity index (χ3n) is 3.65. The Morgan fingerprint density at radius 3 is 2.10 bits per heavy atom. The van der Waals surface area contributed by atoms with E-state index in [1.54, 1.807) is 48.6 Å². The van der Waals surface area contributed by atoms with E-state index in [1.807, 2.05) is 0 Å². The first-order valence-electron chi connectivity index (χ1n) is 8.78. The summed E-state index contributed by atoms with van der Waals surface area (Å²) in [6.45, 7) is 0. The second-order valence-corrected chi connectivity index (χ2v) is 11.1. The third-order valence-corrected chi connectivity index (χ3v) is 9.07. The number of methoxy groups -OCH3 is 1. The molecule has 0 spiro atoms. The van der Waals surface area contributed by atoms with Gasteiger partial charge in [-0.05, 0) is 40.9 Å². The maximum Gasteiger partial charge on any atom is 0.305 e. The van der Waals surface area contributed by atoms with Crippen molar-refractivity contribution in [2.75, 3.05) is 12.9 Å². The van der Waals surface area contributed by atoms with E-state index in [2.05, 4.69) is 13.0 Å². The molecule has 2 aromatic rings. The Bertz CT molecular complexity index is 984. The number of nitrogens with one attached hydrogen (secondary N) is 1. The van der Waals surface area contributed by atoms with Gasteiger partial charge in [-0.2, -0.15) is 0 Å².